The molecule has 1 fully saturated rings. The van der Waals surface area contributed by atoms with Crippen LogP contribution in [0, 0.1) is 6.92 Å². The van der Waals surface area contributed by atoms with Gasteiger partial charge in [0.2, 0.25) is 0 Å². The summed E-state index contributed by atoms with van der Waals surface area (Å²) in [6.07, 6.45) is 3.06. The third-order valence-electron chi connectivity index (χ3n) is 4.48. The fourth-order valence-corrected chi connectivity index (χ4v) is 3.36. The van der Waals surface area contributed by atoms with E-state index in [1.54, 1.807) is 24.7 Å². The van der Waals surface area contributed by atoms with E-state index >= 15 is 0 Å². The van der Waals surface area contributed by atoms with Gasteiger partial charge in [0.1, 0.15) is 17.4 Å². The Kier molecular flexibility index (Phi) is 6.28. The smallest absolute Gasteiger partial charge is 0.343 e. The van der Waals surface area contributed by atoms with Gasteiger partial charge in [-0.1, -0.05) is 13.3 Å². The van der Waals surface area contributed by atoms with Crippen molar-refractivity contribution in [2.75, 3.05) is 26.4 Å². The van der Waals surface area contributed by atoms with Gasteiger partial charge in [-0.05, 0) is 27.2 Å². The van der Waals surface area contributed by atoms with Crippen molar-refractivity contribution in [1.29, 1.82) is 0 Å². The lowest BCUT2D eigenvalue weighted by Gasteiger charge is -2.32. The first-order valence-corrected chi connectivity index (χ1v) is 9.53. The highest BCUT2D eigenvalue weighted by molar-refractivity contribution is 6.00. The predicted octanol–water partition coefficient (Wildman–Crippen LogP) is 3.03. The maximum Gasteiger partial charge on any atom is 0.343 e. The van der Waals surface area contributed by atoms with Crippen molar-refractivity contribution in [3.05, 3.63) is 17.5 Å². The highest BCUT2D eigenvalue weighted by Crippen LogP contribution is 2.34. The molecule has 0 aliphatic carbocycles. The Morgan fingerprint density at radius 2 is 2.04 bits per heavy atom. The molecule has 2 atom stereocenters. The van der Waals surface area contributed by atoms with Gasteiger partial charge >= 0.3 is 5.97 Å². The molecule has 2 unspecified atom stereocenters. The zero-order chi connectivity index (χ0) is 19.4. The van der Waals surface area contributed by atoms with Crippen LogP contribution < -0.4 is 4.74 Å². The molecule has 3 heterocycles. The summed E-state index contributed by atoms with van der Waals surface area (Å²) in [6, 6.07) is 0. The Bertz CT molecular complexity index is 802. The molecule has 1 aliphatic heterocycles. The lowest BCUT2D eigenvalue weighted by atomic mass is 10.1. The number of hydrogen-bond donors (Lipinski definition) is 0. The number of aromatic nitrogens is 3. The van der Waals surface area contributed by atoms with Gasteiger partial charge in [-0.25, -0.2) is 14.5 Å². The van der Waals surface area contributed by atoms with Crippen LogP contribution in [0.2, 0.25) is 0 Å². The Balaban J connectivity index is 2.11. The van der Waals surface area contributed by atoms with Crippen LogP contribution in [0.1, 0.15) is 55.9 Å². The van der Waals surface area contributed by atoms with E-state index in [0.29, 0.717) is 47.9 Å². The summed E-state index contributed by atoms with van der Waals surface area (Å²) in [5.41, 5.74) is 1.49. The molecule has 0 spiro atoms. The molecular weight excluding hydrogens is 350 g/mol. The molecule has 2 aromatic heterocycles. The molecule has 0 aromatic carbocycles. The number of nitrogens with zero attached hydrogens (tertiary/aromatic N) is 3. The molecule has 27 heavy (non-hydrogen) atoms. The number of rotatable bonds is 7. The van der Waals surface area contributed by atoms with E-state index < -0.39 is 5.97 Å². The Morgan fingerprint density at radius 1 is 1.26 bits per heavy atom. The average Bonchev–Trinajstić information content (AvgIpc) is 3.06. The second-order valence-corrected chi connectivity index (χ2v) is 6.34. The Hall–Kier alpha value is -2.19. The number of ether oxygens (including phenoxy) is 4. The molecule has 0 amide bonds. The zero-order valence-corrected chi connectivity index (χ0v) is 16.4. The molecular formula is C19H27N3O5. The first-order chi connectivity index (χ1) is 13.1. The van der Waals surface area contributed by atoms with Gasteiger partial charge in [0.25, 0.3) is 0 Å². The second kappa shape index (κ2) is 8.67. The predicted molar refractivity (Wildman–Crippen MR) is 99.0 cm³/mol. The van der Waals surface area contributed by atoms with Crippen LogP contribution in [0.15, 0.2) is 6.20 Å². The topological polar surface area (TPSA) is 84.7 Å². The summed E-state index contributed by atoms with van der Waals surface area (Å²) < 4.78 is 24.6. The molecule has 1 saturated heterocycles. The van der Waals surface area contributed by atoms with E-state index in [0.717, 1.165) is 12.8 Å². The fraction of sp³-hybridized carbons (Fsp3) is 0.632. The molecule has 8 heteroatoms. The highest BCUT2D eigenvalue weighted by atomic mass is 16.6. The normalized spacial score (nSPS) is 20.0. The molecule has 0 saturated carbocycles. The monoisotopic (exact) mass is 377 g/mol. The van der Waals surface area contributed by atoms with Gasteiger partial charge in [-0.15, -0.1) is 0 Å². The Morgan fingerprint density at radius 3 is 2.74 bits per heavy atom. The maximum absolute atomic E-state index is 12.4. The van der Waals surface area contributed by atoms with Gasteiger partial charge in [0.05, 0.1) is 43.7 Å². The van der Waals surface area contributed by atoms with E-state index in [-0.39, 0.29) is 18.9 Å². The Labute approximate surface area is 158 Å². The van der Waals surface area contributed by atoms with Gasteiger partial charge in [-0.2, -0.15) is 5.10 Å². The van der Waals surface area contributed by atoms with Crippen molar-refractivity contribution < 1.29 is 23.7 Å². The standard InChI is InChI=1S/C19H27N3O5/c1-5-8-14-18(27-10-9-26-14)22-17-13(11-20-22)16(24-6-2)15(12(4)21-17)19(23)25-7-3/h11,14,18H,5-10H2,1-4H3. The summed E-state index contributed by atoms with van der Waals surface area (Å²) in [5.74, 6) is 0.00942. The van der Waals surface area contributed by atoms with E-state index in [4.69, 9.17) is 18.9 Å². The molecule has 148 valence electrons. The van der Waals surface area contributed by atoms with Gasteiger partial charge in [0, 0.05) is 0 Å². The fourth-order valence-electron chi connectivity index (χ4n) is 3.36. The number of esters is 1. The molecule has 1 aliphatic rings. The van der Waals surface area contributed by atoms with Crippen LogP contribution in [0.5, 0.6) is 5.75 Å². The third-order valence-corrected chi connectivity index (χ3v) is 4.48. The number of fused-ring (bicyclic) bond motifs is 1. The number of aryl methyl sites for hydroxylation is 1. The van der Waals surface area contributed by atoms with E-state index in [1.807, 2.05) is 6.92 Å². The van der Waals surface area contributed by atoms with Crippen molar-refractivity contribution >= 4 is 17.0 Å². The van der Waals surface area contributed by atoms with Crippen molar-refractivity contribution in [2.24, 2.45) is 0 Å². The van der Waals surface area contributed by atoms with Crippen molar-refractivity contribution in [2.45, 2.75) is 52.9 Å². The van der Waals surface area contributed by atoms with Crippen molar-refractivity contribution in [3.63, 3.8) is 0 Å². The zero-order valence-electron chi connectivity index (χ0n) is 16.4. The lowest BCUT2D eigenvalue weighted by Crippen LogP contribution is -2.36. The minimum Gasteiger partial charge on any atom is -0.492 e. The third kappa shape index (κ3) is 3.77. The summed E-state index contributed by atoms with van der Waals surface area (Å²) in [7, 11) is 0. The van der Waals surface area contributed by atoms with Gasteiger partial charge < -0.3 is 18.9 Å². The summed E-state index contributed by atoms with van der Waals surface area (Å²) in [6.45, 7) is 9.30. The van der Waals surface area contributed by atoms with Crippen molar-refractivity contribution in [3.8, 4) is 5.75 Å². The number of carbonyl (C=O) groups excluding carboxylic acids is 1. The second-order valence-electron chi connectivity index (χ2n) is 6.34. The first-order valence-electron chi connectivity index (χ1n) is 9.53. The quantitative estimate of drug-likeness (QED) is 0.686. The van der Waals surface area contributed by atoms with E-state index in [1.165, 1.54) is 0 Å². The summed E-state index contributed by atoms with van der Waals surface area (Å²) >= 11 is 0. The first kappa shape index (κ1) is 19.6. The van der Waals surface area contributed by atoms with Crippen LogP contribution in [0.25, 0.3) is 11.0 Å². The summed E-state index contributed by atoms with van der Waals surface area (Å²) in [4.78, 5) is 17.1. The van der Waals surface area contributed by atoms with Crippen LogP contribution in [0.4, 0.5) is 0 Å². The molecule has 0 N–H and O–H groups in total. The highest BCUT2D eigenvalue weighted by Gasteiger charge is 2.32. The molecule has 3 rings (SSSR count). The largest absolute Gasteiger partial charge is 0.492 e. The van der Waals surface area contributed by atoms with E-state index in [2.05, 4.69) is 17.0 Å². The van der Waals surface area contributed by atoms with Crippen LogP contribution in [-0.2, 0) is 14.2 Å². The number of hydrogen-bond acceptors (Lipinski definition) is 7. The molecule has 8 nitrogen and oxygen atoms in total. The number of pyridine rings is 1. The van der Waals surface area contributed by atoms with Gasteiger partial charge in [-0.3, -0.25) is 0 Å². The SMILES string of the molecule is CCCC1OCCOC1n1ncc2c(OCC)c(C(=O)OCC)c(C)nc21. The minimum absolute atomic E-state index is 0.0887. The van der Waals surface area contributed by atoms with Gasteiger partial charge in [0.15, 0.2) is 11.9 Å². The number of carbonyl (C=O) groups is 1. The molecule has 0 bridgehead atoms. The molecule has 0 radical (unpaired) electrons. The van der Waals surface area contributed by atoms with Crippen LogP contribution in [0.3, 0.4) is 0 Å². The maximum atomic E-state index is 12.4. The lowest BCUT2D eigenvalue weighted by molar-refractivity contribution is -0.176. The van der Waals surface area contributed by atoms with Crippen LogP contribution >= 0.6 is 0 Å². The average molecular weight is 377 g/mol. The minimum atomic E-state index is -0.443. The van der Waals surface area contributed by atoms with Crippen LogP contribution in [-0.4, -0.2) is 53.3 Å². The molecule has 2 aromatic rings. The van der Waals surface area contributed by atoms with Crippen molar-refractivity contribution in [1.82, 2.24) is 14.8 Å². The van der Waals surface area contributed by atoms with E-state index in [9.17, 15) is 4.79 Å². The summed E-state index contributed by atoms with van der Waals surface area (Å²) in [5, 5.41) is 5.16.